The molecule has 0 saturated heterocycles. The van der Waals surface area contributed by atoms with E-state index in [2.05, 4.69) is 28.2 Å². The van der Waals surface area contributed by atoms with Crippen LogP contribution in [0.2, 0.25) is 0 Å². The molecule has 0 saturated carbocycles. The van der Waals surface area contributed by atoms with Crippen LogP contribution in [0, 0.1) is 0 Å². The molecule has 0 heterocycles. The van der Waals surface area contributed by atoms with E-state index in [-0.39, 0.29) is 0 Å². The molecule has 0 unspecified atom stereocenters. The SMILES string of the molecule is CCNCCCCCOc1ccc(OC)cc1Br. The third-order valence-corrected chi connectivity index (χ3v) is 3.26. The van der Waals surface area contributed by atoms with E-state index in [1.54, 1.807) is 7.11 Å². The van der Waals surface area contributed by atoms with Crippen LogP contribution in [0.1, 0.15) is 26.2 Å². The quantitative estimate of drug-likeness (QED) is 0.706. The van der Waals surface area contributed by atoms with Crippen LogP contribution in [0.15, 0.2) is 22.7 Å². The molecule has 0 aliphatic carbocycles. The zero-order chi connectivity index (χ0) is 13.2. The Bertz CT molecular complexity index is 345. The first kappa shape index (κ1) is 15.3. The maximum Gasteiger partial charge on any atom is 0.133 e. The predicted molar refractivity (Wildman–Crippen MR) is 78.6 cm³/mol. The minimum absolute atomic E-state index is 0.761. The minimum atomic E-state index is 0.761. The first-order valence-corrected chi connectivity index (χ1v) is 7.24. The lowest BCUT2D eigenvalue weighted by molar-refractivity contribution is 0.302. The molecule has 0 spiro atoms. The van der Waals surface area contributed by atoms with Gasteiger partial charge in [-0.05, 0) is 66.5 Å². The van der Waals surface area contributed by atoms with Gasteiger partial charge in [0.1, 0.15) is 11.5 Å². The van der Waals surface area contributed by atoms with Crippen molar-refractivity contribution in [2.24, 2.45) is 0 Å². The molecule has 18 heavy (non-hydrogen) atoms. The van der Waals surface area contributed by atoms with Gasteiger partial charge in [0.2, 0.25) is 0 Å². The normalized spacial score (nSPS) is 10.4. The Labute approximate surface area is 118 Å². The lowest BCUT2D eigenvalue weighted by atomic mass is 10.2. The molecule has 0 aromatic heterocycles. The molecule has 1 rings (SSSR count). The molecule has 1 aromatic carbocycles. The Hall–Kier alpha value is -0.740. The van der Waals surface area contributed by atoms with Crippen LogP contribution in [0.3, 0.4) is 0 Å². The zero-order valence-electron chi connectivity index (χ0n) is 11.2. The van der Waals surface area contributed by atoms with Crippen LogP contribution in [-0.4, -0.2) is 26.8 Å². The number of hydrogen-bond donors (Lipinski definition) is 1. The first-order valence-electron chi connectivity index (χ1n) is 6.45. The highest BCUT2D eigenvalue weighted by Crippen LogP contribution is 2.29. The second kappa shape index (κ2) is 9.22. The smallest absolute Gasteiger partial charge is 0.133 e. The van der Waals surface area contributed by atoms with Crippen molar-refractivity contribution < 1.29 is 9.47 Å². The molecule has 0 radical (unpaired) electrons. The molecule has 1 aromatic rings. The lowest BCUT2D eigenvalue weighted by Crippen LogP contribution is -2.14. The van der Waals surface area contributed by atoms with Gasteiger partial charge >= 0.3 is 0 Å². The number of hydrogen-bond acceptors (Lipinski definition) is 3. The van der Waals surface area contributed by atoms with E-state index >= 15 is 0 Å². The van der Waals surface area contributed by atoms with Crippen LogP contribution in [0.25, 0.3) is 0 Å². The number of benzene rings is 1. The number of nitrogens with one attached hydrogen (secondary N) is 1. The van der Waals surface area contributed by atoms with E-state index in [0.29, 0.717) is 0 Å². The molecule has 0 atom stereocenters. The predicted octanol–water partition coefficient (Wildman–Crippen LogP) is 3.62. The van der Waals surface area contributed by atoms with E-state index in [1.165, 1.54) is 12.8 Å². The fourth-order valence-corrected chi connectivity index (χ4v) is 2.09. The third-order valence-electron chi connectivity index (χ3n) is 2.64. The van der Waals surface area contributed by atoms with Crippen molar-refractivity contribution in [3.05, 3.63) is 22.7 Å². The Morgan fingerprint density at radius 1 is 1.22 bits per heavy atom. The average molecular weight is 316 g/mol. The van der Waals surface area contributed by atoms with Crippen molar-refractivity contribution in [3.8, 4) is 11.5 Å². The van der Waals surface area contributed by atoms with E-state index in [0.717, 1.165) is 42.1 Å². The van der Waals surface area contributed by atoms with Crippen LogP contribution >= 0.6 is 15.9 Å². The van der Waals surface area contributed by atoms with Gasteiger partial charge in [0.25, 0.3) is 0 Å². The second-order valence-corrected chi connectivity index (χ2v) is 4.91. The molecule has 102 valence electrons. The number of ether oxygens (including phenoxy) is 2. The maximum atomic E-state index is 5.72. The third kappa shape index (κ3) is 5.74. The molecule has 0 fully saturated rings. The van der Waals surface area contributed by atoms with Gasteiger partial charge in [-0.2, -0.15) is 0 Å². The molecule has 0 aliphatic heterocycles. The van der Waals surface area contributed by atoms with Crippen molar-refractivity contribution in [3.63, 3.8) is 0 Å². The van der Waals surface area contributed by atoms with Gasteiger partial charge in [-0.3, -0.25) is 0 Å². The van der Waals surface area contributed by atoms with Crippen LogP contribution < -0.4 is 14.8 Å². The molecule has 0 bridgehead atoms. The van der Waals surface area contributed by atoms with Crippen LogP contribution in [0.5, 0.6) is 11.5 Å². The fraction of sp³-hybridized carbons (Fsp3) is 0.571. The Morgan fingerprint density at radius 3 is 2.72 bits per heavy atom. The highest BCUT2D eigenvalue weighted by atomic mass is 79.9. The summed E-state index contributed by atoms with van der Waals surface area (Å²) in [6.07, 6.45) is 3.49. The standard InChI is InChI=1S/C14H22BrNO2/c1-3-16-9-5-4-6-10-18-14-8-7-12(17-2)11-13(14)15/h7-8,11,16H,3-6,9-10H2,1-2H3. The Morgan fingerprint density at radius 2 is 2.06 bits per heavy atom. The summed E-state index contributed by atoms with van der Waals surface area (Å²) in [5.41, 5.74) is 0. The summed E-state index contributed by atoms with van der Waals surface area (Å²) >= 11 is 3.48. The minimum Gasteiger partial charge on any atom is -0.497 e. The van der Waals surface area contributed by atoms with E-state index in [1.807, 2.05) is 18.2 Å². The second-order valence-electron chi connectivity index (χ2n) is 4.06. The van der Waals surface area contributed by atoms with E-state index < -0.39 is 0 Å². The summed E-state index contributed by atoms with van der Waals surface area (Å²) in [5, 5.41) is 3.32. The summed E-state index contributed by atoms with van der Waals surface area (Å²) in [7, 11) is 1.66. The highest BCUT2D eigenvalue weighted by molar-refractivity contribution is 9.10. The van der Waals surface area contributed by atoms with Gasteiger partial charge in [0.15, 0.2) is 0 Å². The van der Waals surface area contributed by atoms with Gasteiger partial charge in [-0.25, -0.2) is 0 Å². The summed E-state index contributed by atoms with van der Waals surface area (Å²) in [4.78, 5) is 0. The van der Waals surface area contributed by atoms with Crippen LogP contribution in [-0.2, 0) is 0 Å². The molecular formula is C14H22BrNO2. The van der Waals surface area contributed by atoms with E-state index in [4.69, 9.17) is 9.47 Å². The average Bonchev–Trinajstić information content (AvgIpc) is 2.39. The zero-order valence-corrected chi connectivity index (χ0v) is 12.8. The molecule has 0 amide bonds. The summed E-state index contributed by atoms with van der Waals surface area (Å²) in [5.74, 6) is 1.71. The lowest BCUT2D eigenvalue weighted by Gasteiger charge is -2.09. The van der Waals surface area contributed by atoms with Gasteiger partial charge in [0.05, 0.1) is 18.2 Å². The number of methoxy groups -OCH3 is 1. The monoisotopic (exact) mass is 315 g/mol. The van der Waals surface area contributed by atoms with Gasteiger partial charge in [-0.15, -0.1) is 0 Å². The maximum absolute atomic E-state index is 5.72. The molecule has 4 heteroatoms. The van der Waals surface area contributed by atoms with Crippen molar-refractivity contribution in [1.82, 2.24) is 5.32 Å². The summed E-state index contributed by atoms with van der Waals surface area (Å²) in [6, 6.07) is 5.76. The van der Waals surface area contributed by atoms with Gasteiger partial charge < -0.3 is 14.8 Å². The van der Waals surface area contributed by atoms with Crippen LogP contribution in [0.4, 0.5) is 0 Å². The largest absolute Gasteiger partial charge is 0.497 e. The molecule has 3 nitrogen and oxygen atoms in total. The van der Waals surface area contributed by atoms with Gasteiger partial charge in [-0.1, -0.05) is 6.92 Å². The first-order chi connectivity index (χ1) is 8.77. The molecule has 1 N–H and O–H groups in total. The molecule has 0 aliphatic rings. The van der Waals surface area contributed by atoms with E-state index in [9.17, 15) is 0 Å². The van der Waals surface area contributed by atoms with Crippen molar-refractivity contribution in [1.29, 1.82) is 0 Å². The van der Waals surface area contributed by atoms with Crippen molar-refractivity contribution >= 4 is 15.9 Å². The number of halogens is 1. The number of rotatable bonds is 9. The fourth-order valence-electron chi connectivity index (χ4n) is 1.61. The topological polar surface area (TPSA) is 30.5 Å². The molecular weight excluding hydrogens is 294 g/mol. The Balaban J connectivity index is 2.19. The van der Waals surface area contributed by atoms with Crippen molar-refractivity contribution in [2.75, 3.05) is 26.8 Å². The summed E-state index contributed by atoms with van der Waals surface area (Å²) < 4.78 is 11.8. The van der Waals surface area contributed by atoms with Gasteiger partial charge in [0, 0.05) is 0 Å². The number of unbranched alkanes of at least 4 members (excludes halogenated alkanes) is 2. The van der Waals surface area contributed by atoms with Crippen molar-refractivity contribution in [2.45, 2.75) is 26.2 Å². The highest BCUT2D eigenvalue weighted by Gasteiger charge is 2.02. The summed E-state index contributed by atoms with van der Waals surface area (Å²) in [6.45, 7) is 5.04. The Kier molecular flexibility index (Phi) is 7.85.